The van der Waals surface area contributed by atoms with Crippen molar-refractivity contribution >= 4 is 44.8 Å². The van der Waals surface area contributed by atoms with E-state index in [9.17, 15) is 13.2 Å². The van der Waals surface area contributed by atoms with Gasteiger partial charge in [0, 0.05) is 0 Å². The number of nitrogens with zero attached hydrogens (tertiary/aromatic N) is 1. The van der Waals surface area contributed by atoms with E-state index in [1.165, 1.54) is 30.3 Å². The Morgan fingerprint density at radius 1 is 0.970 bits per heavy atom. The monoisotopic (exact) mass is 506 g/mol. The third kappa shape index (κ3) is 6.19. The number of sulfonamides is 1. The van der Waals surface area contributed by atoms with Gasteiger partial charge in [-0.15, -0.1) is 0 Å². The fourth-order valence-electron chi connectivity index (χ4n) is 3.09. The SMILES string of the molecule is Cc1cccc(OCCNC(=O)CN(c2ccc(Cl)c(Cl)c2)S(=O)(=O)c2ccccc2)c1C. The minimum absolute atomic E-state index is 0.0575. The lowest BCUT2D eigenvalue weighted by Crippen LogP contribution is -2.42. The molecule has 0 aromatic heterocycles. The minimum Gasteiger partial charge on any atom is -0.491 e. The molecule has 0 saturated carbocycles. The van der Waals surface area contributed by atoms with Crippen molar-refractivity contribution in [2.24, 2.45) is 0 Å². The molecule has 0 aliphatic rings. The Morgan fingerprint density at radius 3 is 2.39 bits per heavy atom. The highest BCUT2D eigenvalue weighted by Crippen LogP contribution is 2.30. The molecule has 0 unspecified atom stereocenters. The summed E-state index contributed by atoms with van der Waals surface area (Å²) in [6, 6.07) is 18.1. The second-order valence-corrected chi connectivity index (χ2v) is 10.00. The molecular weight excluding hydrogens is 483 g/mol. The highest BCUT2D eigenvalue weighted by atomic mass is 35.5. The third-order valence-corrected chi connectivity index (χ3v) is 7.57. The highest BCUT2D eigenvalue weighted by Gasteiger charge is 2.27. The summed E-state index contributed by atoms with van der Waals surface area (Å²) in [4.78, 5) is 12.7. The normalized spacial score (nSPS) is 11.2. The molecule has 0 aliphatic heterocycles. The van der Waals surface area contributed by atoms with E-state index in [1.54, 1.807) is 18.2 Å². The Labute approximate surface area is 204 Å². The van der Waals surface area contributed by atoms with Gasteiger partial charge < -0.3 is 10.1 Å². The molecule has 0 heterocycles. The number of aryl methyl sites for hydroxylation is 1. The number of hydrogen-bond acceptors (Lipinski definition) is 4. The molecule has 6 nitrogen and oxygen atoms in total. The number of nitrogens with one attached hydrogen (secondary N) is 1. The quantitative estimate of drug-likeness (QED) is 0.414. The number of benzene rings is 3. The molecule has 0 atom stereocenters. The second-order valence-electron chi connectivity index (χ2n) is 7.32. The van der Waals surface area contributed by atoms with Crippen molar-refractivity contribution in [3.05, 3.63) is 87.9 Å². The van der Waals surface area contributed by atoms with Crippen molar-refractivity contribution in [3.63, 3.8) is 0 Å². The summed E-state index contributed by atoms with van der Waals surface area (Å²) in [5.41, 5.74) is 2.37. The van der Waals surface area contributed by atoms with Gasteiger partial charge in [0.05, 0.1) is 27.2 Å². The van der Waals surface area contributed by atoms with Gasteiger partial charge in [0.1, 0.15) is 18.9 Å². The summed E-state index contributed by atoms with van der Waals surface area (Å²) in [6.07, 6.45) is 0. The number of hydrogen-bond donors (Lipinski definition) is 1. The van der Waals surface area contributed by atoms with Crippen LogP contribution in [0.5, 0.6) is 5.75 Å². The van der Waals surface area contributed by atoms with E-state index in [1.807, 2.05) is 32.0 Å². The largest absolute Gasteiger partial charge is 0.491 e. The number of carbonyl (C=O) groups is 1. The van der Waals surface area contributed by atoms with Crippen LogP contribution in [0.25, 0.3) is 0 Å². The van der Waals surface area contributed by atoms with Crippen molar-refractivity contribution in [1.82, 2.24) is 5.32 Å². The predicted octanol–water partition coefficient (Wildman–Crippen LogP) is 5.00. The van der Waals surface area contributed by atoms with Crippen LogP contribution in [0.15, 0.2) is 71.6 Å². The molecule has 0 aliphatic carbocycles. The van der Waals surface area contributed by atoms with Crippen LogP contribution in [0, 0.1) is 13.8 Å². The Kier molecular flexibility index (Phi) is 8.24. The summed E-state index contributed by atoms with van der Waals surface area (Å²) < 4.78 is 33.3. The topological polar surface area (TPSA) is 75.7 Å². The molecule has 0 bridgehead atoms. The molecule has 3 aromatic carbocycles. The zero-order chi connectivity index (χ0) is 24.0. The van der Waals surface area contributed by atoms with E-state index in [0.29, 0.717) is 0 Å². The predicted molar refractivity (Wildman–Crippen MR) is 132 cm³/mol. The lowest BCUT2D eigenvalue weighted by Gasteiger charge is -2.24. The maximum atomic E-state index is 13.3. The number of halogens is 2. The maximum absolute atomic E-state index is 13.3. The van der Waals surface area contributed by atoms with Gasteiger partial charge in [-0.2, -0.15) is 0 Å². The van der Waals surface area contributed by atoms with Gasteiger partial charge in [0.2, 0.25) is 5.91 Å². The summed E-state index contributed by atoms with van der Waals surface area (Å²) in [5, 5.41) is 3.18. The number of carbonyl (C=O) groups excluding carboxylic acids is 1. The van der Waals surface area contributed by atoms with E-state index < -0.39 is 22.5 Å². The van der Waals surface area contributed by atoms with Gasteiger partial charge in [-0.1, -0.05) is 53.5 Å². The average molecular weight is 507 g/mol. The molecule has 0 spiro atoms. The standard InChI is InChI=1S/C24H24Cl2N2O4S/c1-17-7-6-10-23(18(17)2)32-14-13-27-24(29)16-28(19-11-12-21(25)22(26)15-19)33(30,31)20-8-4-3-5-9-20/h3-12,15H,13-14,16H2,1-2H3,(H,27,29). The van der Waals surface area contributed by atoms with Gasteiger partial charge in [0.25, 0.3) is 10.0 Å². The van der Waals surface area contributed by atoms with Crippen molar-refractivity contribution in [3.8, 4) is 5.75 Å². The van der Waals surface area contributed by atoms with Crippen LogP contribution in [0.1, 0.15) is 11.1 Å². The van der Waals surface area contributed by atoms with Gasteiger partial charge in [-0.25, -0.2) is 8.42 Å². The lowest BCUT2D eigenvalue weighted by molar-refractivity contribution is -0.119. The van der Waals surface area contributed by atoms with E-state index >= 15 is 0 Å². The zero-order valence-electron chi connectivity index (χ0n) is 18.2. The zero-order valence-corrected chi connectivity index (χ0v) is 20.5. The number of rotatable bonds is 9. The second kappa shape index (κ2) is 10.9. The Balaban J connectivity index is 1.72. The Morgan fingerprint density at radius 2 is 1.70 bits per heavy atom. The van der Waals surface area contributed by atoms with Crippen LogP contribution in [0.3, 0.4) is 0 Å². The van der Waals surface area contributed by atoms with Crippen LogP contribution in [0.4, 0.5) is 5.69 Å². The van der Waals surface area contributed by atoms with Crippen molar-refractivity contribution in [1.29, 1.82) is 0 Å². The van der Waals surface area contributed by atoms with Crippen LogP contribution in [-0.2, 0) is 14.8 Å². The Hall–Kier alpha value is -2.74. The third-order valence-electron chi connectivity index (χ3n) is 5.05. The van der Waals surface area contributed by atoms with E-state index in [-0.39, 0.29) is 33.8 Å². The smallest absolute Gasteiger partial charge is 0.264 e. The minimum atomic E-state index is -4.02. The molecule has 0 radical (unpaired) electrons. The number of ether oxygens (including phenoxy) is 1. The van der Waals surface area contributed by atoms with Gasteiger partial charge in [-0.3, -0.25) is 9.10 Å². The van der Waals surface area contributed by atoms with Gasteiger partial charge in [-0.05, 0) is 61.4 Å². The first-order chi connectivity index (χ1) is 15.7. The summed E-state index contributed by atoms with van der Waals surface area (Å²) in [6.45, 7) is 3.99. The Bertz CT molecular complexity index is 1230. The van der Waals surface area contributed by atoms with E-state index in [0.717, 1.165) is 21.2 Å². The molecule has 33 heavy (non-hydrogen) atoms. The van der Waals surface area contributed by atoms with E-state index in [4.69, 9.17) is 27.9 Å². The van der Waals surface area contributed by atoms with Crippen LogP contribution >= 0.6 is 23.2 Å². The first-order valence-electron chi connectivity index (χ1n) is 10.2. The van der Waals surface area contributed by atoms with Gasteiger partial charge >= 0.3 is 0 Å². The first-order valence-corrected chi connectivity index (χ1v) is 12.4. The van der Waals surface area contributed by atoms with Crippen molar-refractivity contribution in [2.75, 3.05) is 24.0 Å². The molecule has 0 saturated heterocycles. The molecule has 9 heteroatoms. The summed E-state index contributed by atoms with van der Waals surface area (Å²) >= 11 is 12.1. The summed E-state index contributed by atoms with van der Waals surface area (Å²) in [7, 11) is -4.02. The molecule has 1 N–H and O–H groups in total. The molecule has 1 amide bonds. The molecule has 3 rings (SSSR count). The first kappa shape index (κ1) is 24.9. The molecular formula is C24H24Cl2N2O4S. The maximum Gasteiger partial charge on any atom is 0.264 e. The molecule has 174 valence electrons. The van der Waals surface area contributed by atoms with Gasteiger partial charge in [0.15, 0.2) is 0 Å². The van der Waals surface area contributed by atoms with E-state index in [2.05, 4.69) is 5.32 Å². The fourth-order valence-corrected chi connectivity index (χ4v) is 4.82. The summed E-state index contributed by atoms with van der Waals surface area (Å²) in [5.74, 6) is 0.262. The number of amides is 1. The van der Waals surface area contributed by atoms with Crippen molar-refractivity contribution < 1.29 is 17.9 Å². The lowest BCUT2D eigenvalue weighted by atomic mass is 10.1. The number of anilines is 1. The molecule has 3 aromatic rings. The van der Waals surface area contributed by atoms with Crippen LogP contribution in [-0.4, -0.2) is 34.0 Å². The van der Waals surface area contributed by atoms with Crippen molar-refractivity contribution in [2.45, 2.75) is 18.7 Å². The van der Waals surface area contributed by atoms with Crippen LogP contribution in [0.2, 0.25) is 10.0 Å². The molecule has 0 fully saturated rings. The van der Waals surface area contributed by atoms with Crippen LogP contribution < -0.4 is 14.4 Å². The average Bonchev–Trinajstić information content (AvgIpc) is 2.80. The fraction of sp³-hybridized carbons (Fsp3) is 0.208. The highest BCUT2D eigenvalue weighted by molar-refractivity contribution is 7.92.